The van der Waals surface area contributed by atoms with E-state index in [1.807, 2.05) is 18.2 Å². The molecule has 1 N–H and O–H groups in total. The summed E-state index contributed by atoms with van der Waals surface area (Å²) in [4.78, 5) is 0. The molecule has 1 aromatic carbocycles. The van der Waals surface area contributed by atoms with Crippen LogP contribution in [0.3, 0.4) is 0 Å². The maximum atomic E-state index is 6.03. The first kappa shape index (κ1) is 14.2. The largest absolute Gasteiger partial charge is 0.488 e. The summed E-state index contributed by atoms with van der Waals surface area (Å²) in [5.74, 6) is 1.01. The van der Waals surface area contributed by atoms with Crippen molar-refractivity contribution >= 4 is 11.6 Å². The van der Waals surface area contributed by atoms with Crippen LogP contribution in [-0.4, -0.2) is 18.7 Å². The van der Waals surface area contributed by atoms with E-state index in [0.717, 1.165) is 23.7 Å². The smallest absolute Gasteiger partial charge is 0.123 e. The second kappa shape index (κ2) is 6.82. The zero-order valence-corrected chi connectivity index (χ0v) is 12.8. The Balaban J connectivity index is 1.48. The van der Waals surface area contributed by atoms with Crippen LogP contribution in [0.25, 0.3) is 0 Å². The zero-order valence-electron chi connectivity index (χ0n) is 12.0. The first-order valence-electron chi connectivity index (χ1n) is 8.00. The Morgan fingerprint density at radius 1 is 1.10 bits per heavy atom. The van der Waals surface area contributed by atoms with Crippen molar-refractivity contribution in [1.82, 2.24) is 5.32 Å². The lowest BCUT2D eigenvalue weighted by molar-refractivity contribution is 0.216. The molecule has 0 bridgehead atoms. The van der Waals surface area contributed by atoms with Gasteiger partial charge < -0.3 is 10.1 Å². The fourth-order valence-electron chi connectivity index (χ4n) is 3.36. The summed E-state index contributed by atoms with van der Waals surface area (Å²) in [6, 6.07) is 6.62. The van der Waals surface area contributed by atoms with Crippen LogP contribution in [0.2, 0.25) is 5.02 Å². The molecule has 2 nitrogen and oxygen atoms in total. The highest BCUT2D eigenvalue weighted by atomic mass is 35.5. The molecule has 110 valence electrons. The van der Waals surface area contributed by atoms with Gasteiger partial charge in [0.05, 0.1) is 0 Å². The molecule has 0 aromatic heterocycles. The van der Waals surface area contributed by atoms with Gasteiger partial charge in [-0.05, 0) is 36.6 Å². The molecule has 1 aliphatic carbocycles. The van der Waals surface area contributed by atoms with E-state index < -0.39 is 0 Å². The van der Waals surface area contributed by atoms with Gasteiger partial charge in [0.15, 0.2) is 0 Å². The topological polar surface area (TPSA) is 21.3 Å². The third kappa shape index (κ3) is 3.67. The van der Waals surface area contributed by atoms with Crippen molar-refractivity contribution in [1.29, 1.82) is 0 Å². The molecule has 1 heterocycles. The third-order valence-corrected chi connectivity index (χ3v) is 4.74. The number of halogens is 1. The normalized spacial score (nSPS) is 23.8. The minimum Gasteiger partial charge on any atom is -0.488 e. The molecular formula is C17H24ClNO. The second-order valence-electron chi connectivity index (χ2n) is 6.15. The number of nitrogens with one attached hydrogen (secondary N) is 1. The molecule has 0 amide bonds. The highest BCUT2D eigenvalue weighted by molar-refractivity contribution is 6.30. The Kier molecular flexibility index (Phi) is 4.85. The van der Waals surface area contributed by atoms with Crippen LogP contribution < -0.4 is 10.1 Å². The van der Waals surface area contributed by atoms with Crippen molar-refractivity contribution in [3.8, 4) is 5.75 Å². The first-order valence-corrected chi connectivity index (χ1v) is 8.37. The minimum atomic E-state index is 0.272. The van der Waals surface area contributed by atoms with Crippen LogP contribution >= 0.6 is 11.6 Å². The van der Waals surface area contributed by atoms with E-state index in [9.17, 15) is 0 Å². The van der Waals surface area contributed by atoms with Crippen molar-refractivity contribution in [2.45, 2.75) is 63.5 Å². The van der Waals surface area contributed by atoms with Crippen molar-refractivity contribution in [3.63, 3.8) is 0 Å². The van der Waals surface area contributed by atoms with Crippen LogP contribution in [0.1, 0.15) is 50.5 Å². The van der Waals surface area contributed by atoms with E-state index in [0.29, 0.717) is 6.04 Å². The fourth-order valence-corrected chi connectivity index (χ4v) is 3.56. The molecule has 1 fully saturated rings. The third-order valence-electron chi connectivity index (χ3n) is 4.50. The molecule has 1 aliphatic heterocycles. The molecule has 0 radical (unpaired) electrons. The maximum absolute atomic E-state index is 6.03. The maximum Gasteiger partial charge on any atom is 0.123 e. The van der Waals surface area contributed by atoms with Crippen LogP contribution in [0.4, 0.5) is 0 Å². The van der Waals surface area contributed by atoms with E-state index in [2.05, 4.69) is 5.32 Å². The molecular weight excluding hydrogens is 270 g/mol. The molecule has 3 heteroatoms. The van der Waals surface area contributed by atoms with Gasteiger partial charge in [0.2, 0.25) is 0 Å². The number of hydrogen-bond acceptors (Lipinski definition) is 2. The van der Waals surface area contributed by atoms with Gasteiger partial charge in [-0.25, -0.2) is 0 Å². The Bertz CT molecular complexity index is 441. The molecule has 1 unspecified atom stereocenters. The van der Waals surface area contributed by atoms with Gasteiger partial charge in [-0.2, -0.15) is 0 Å². The lowest BCUT2D eigenvalue weighted by atomic mass is 9.96. The van der Waals surface area contributed by atoms with Crippen LogP contribution in [-0.2, 0) is 6.42 Å². The average Bonchev–Trinajstić information content (AvgIpc) is 2.79. The molecule has 2 aliphatic rings. The summed E-state index contributed by atoms with van der Waals surface area (Å²) in [6.45, 7) is 0.955. The van der Waals surface area contributed by atoms with Crippen molar-refractivity contribution in [2.24, 2.45) is 0 Å². The predicted molar refractivity (Wildman–Crippen MR) is 83.7 cm³/mol. The lowest BCUT2D eigenvalue weighted by Crippen LogP contribution is -2.37. The fraction of sp³-hybridized carbons (Fsp3) is 0.647. The van der Waals surface area contributed by atoms with Gasteiger partial charge in [-0.1, -0.05) is 43.7 Å². The van der Waals surface area contributed by atoms with Gasteiger partial charge in [-0.3, -0.25) is 0 Å². The quantitative estimate of drug-likeness (QED) is 0.895. The summed E-state index contributed by atoms with van der Waals surface area (Å²) in [6.07, 6.45) is 10.9. The van der Waals surface area contributed by atoms with E-state index in [1.165, 1.54) is 50.5 Å². The van der Waals surface area contributed by atoms with Gasteiger partial charge >= 0.3 is 0 Å². The van der Waals surface area contributed by atoms with Crippen LogP contribution in [0.5, 0.6) is 5.75 Å². The highest BCUT2D eigenvalue weighted by Crippen LogP contribution is 2.31. The number of rotatable bonds is 3. The highest BCUT2D eigenvalue weighted by Gasteiger charge is 2.23. The van der Waals surface area contributed by atoms with Crippen LogP contribution in [0.15, 0.2) is 18.2 Å². The van der Waals surface area contributed by atoms with E-state index >= 15 is 0 Å². The van der Waals surface area contributed by atoms with Gasteiger partial charge in [0, 0.05) is 24.0 Å². The Hall–Kier alpha value is -0.730. The molecule has 1 saturated carbocycles. The SMILES string of the molecule is Clc1ccc2c(c1)CC(CNC1CCCCCCC1)O2. The van der Waals surface area contributed by atoms with E-state index in [1.54, 1.807) is 0 Å². The van der Waals surface area contributed by atoms with Crippen molar-refractivity contribution in [3.05, 3.63) is 28.8 Å². The summed E-state index contributed by atoms with van der Waals surface area (Å²) in [5, 5.41) is 4.53. The predicted octanol–water partition coefficient (Wildman–Crippen LogP) is 4.35. The first-order chi connectivity index (χ1) is 9.81. The van der Waals surface area contributed by atoms with Crippen LogP contribution in [0, 0.1) is 0 Å². The molecule has 0 saturated heterocycles. The summed E-state index contributed by atoms with van der Waals surface area (Å²) >= 11 is 6.03. The average molecular weight is 294 g/mol. The Labute approximate surface area is 126 Å². The Morgan fingerprint density at radius 3 is 2.65 bits per heavy atom. The number of ether oxygens (including phenoxy) is 1. The number of fused-ring (bicyclic) bond motifs is 1. The van der Waals surface area contributed by atoms with Gasteiger partial charge in [0.25, 0.3) is 0 Å². The van der Waals surface area contributed by atoms with E-state index in [-0.39, 0.29) is 6.10 Å². The summed E-state index contributed by atoms with van der Waals surface area (Å²) < 4.78 is 5.99. The molecule has 0 spiro atoms. The lowest BCUT2D eigenvalue weighted by Gasteiger charge is -2.22. The summed E-state index contributed by atoms with van der Waals surface area (Å²) in [7, 11) is 0. The summed E-state index contributed by atoms with van der Waals surface area (Å²) in [5.41, 5.74) is 1.25. The molecule has 1 atom stereocenters. The monoisotopic (exact) mass is 293 g/mol. The zero-order chi connectivity index (χ0) is 13.8. The minimum absolute atomic E-state index is 0.272. The van der Waals surface area contributed by atoms with Gasteiger partial charge in [0.1, 0.15) is 11.9 Å². The molecule has 1 aromatic rings. The van der Waals surface area contributed by atoms with Gasteiger partial charge in [-0.15, -0.1) is 0 Å². The standard InChI is InChI=1S/C17H24ClNO/c18-14-8-9-17-13(10-14)11-16(20-17)12-19-15-6-4-2-1-3-5-7-15/h8-10,15-16,19H,1-7,11-12H2. The second-order valence-corrected chi connectivity index (χ2v) is 6.58. The van der Waals surface area contributed by atoms with Crippen molar-refractivity contribution < 1.29 is 4.74 Å². The Morgan fingerprint density at radius 2 is 1.85 bits per heavy atom. The molecule has 20 heavy (non-hydrogen) atoms. The van der Waals surface area contributed by atoms with Crippen molar-refractivity contribution in [2.75, 3.05) is 6.54 Å². The number of benzene rings is 1. The van der Waals surface area contributed by atoms with E-state index in [4.69, 9.17) is 16.3 Å². The number of hydrogen-bond donors (Lipinski definition) is 1. The molecule has 3 rings (SSSR count).